The van der Waals surface area contributed by atoms with Crippen LogP contribution in [0.3, 0.4) is 0 Å². The van der Waals surface area contributed by atoms with Crippen molar-refractivity contribution in [2.45, 2.75) is 38.6 Å². The van der Waals surface area contributed by atoms with Gasteiger partial charge < -0.3 is 21.4 Å². The van der Waals surface area contributed by atoms with Crippen molar-refractivity contribution in [3.05, 3.63) is 0 Å². The second-order valence-electron chi connectivity index (χ2n) is 4.49. The molecule has 1 aliphatic rings. The molecule has 0 aromatic carbocycles. The topological polar surface area (TPSA) is 90.9 Å². The van der Waals surface area contributed by atoms with E-state index in [9.17, 15) is 5.11 Å². The first-order chi connectivity index (χ1) is 7.13. The number of aliphatic hydroxyl groups is 1. The second kappa shape index (κ2) is 5.32. The molecule has 0 heterocycles. The highest BCUT2D eigenvalue weighted by Gasteiger charge is 2.33. The lowest BCUT2D eigenvalue weighted by Gasteiger charge is -2.28. The number of nitrogens with one attached hydrogen (secondary N) is 1. The van der Waals surface area contributed by atoms with Crippen LogP contribution in [0.1, 0.15) is 32.6 Å². The predicted molar refractivity (Wildman–Crippen MR) is 58.9 cm³/mol. The lowest BCUT2D eigenvalue weighted by molar-refractivity contribution is 0.127. The Labute approximate surface area is 90.3 Å². The van der Waals surface area contributed by atoms with Gasteiger partial charge in [-0.25, -0.2) is 0 Å². The molecule has 1 aliphatic carbocycles. The molecule has 88 valence electrons. The van der Waals surface area contributed by atoms with Crippen LogP contribution < -0.4 is 11.1 Å². The predicted octanol–water partition coefficient (Wildman–Crippen LogP) is 0.264. The SMILES string of the molecule is CC(NCC1(CO)CCCC1)C(N)=NO. The third kappa shape index (κ3) is 3.07. The van der Waals surface area contributed by atoms with Crippen LogP contribution in [-0.2, 0) is 0 Å². The maximum atomic E-state index is 9.37. The van der Waals surface area contributed by atoms with Crippen LogP contribution in [0.2, 0.25) is 0 Å². The lowest BCUT2D eigenvalue weighted by Crippen LogP contribution is -2.45. The normalized spacial score (nSPS) is 22.9. The quantitative estimate of drug-likeness (QED) is 0.229. The molecule has 1 atom stereocenters. The second-order valence-corrected chi connectivity index (χ2v) is 4.49. The summed E-state index contributed by atoms with van der Waals surface area (Å²) in [4.78, 5) is 0. The van der Waals surface area contributed by atoms with E-state index in [4.69, 9.17) is 10.9 Å². The third-order valence-electron chi connectivity index (χ3n) is 3.34. The highest BCUT2D eigenvalue weighted by molar-refractivity contribution is 5.84. The Hall–Kier alpha value is -0.810. The average Bonchev–Trinajstić information content (AvgIpc) is 2.74. The molecule has 0 amide bonds. The van der Waals surface area contributed by atoms with Crippen molar-refractivity contribution in [3.8, 4) is 0 Å². The summed E-state index contributed by atoms with van der Waals surface area (Å²) in [5, 5.41) is 24.0. The smallest absolute Gasteiger partial charge is 0.156 e. The molecular formula is C10H21N3O2. The first-order valence-corrected chi connectivity index (χ1v) is 5.45. The molecule has 1 rings (SSSR count). The molecule has 0 bridgehead atoms. The number of aliphatic hydroxyl groups excluding tert-OH is 1. The van der Waals surface area contributed by atoms with Crippen molar-refractivity contribution in [3.63, 3.8) is 0 Å². The highest BCUT2D eigenvalue weighted by atomic mass is 16.4. The van der Waals surface area contributed by atoms with Crippen LogP contribution in [0.4, 0.5) is 0 Å². The summed E-state index contributed by atoms with van der Waals surface area (Å²) < 4.78 is 0. The fourth-order valence-electron chi connectivity index (χ4n) is 2.08. The Balaban J connectivity index is 2.41. The van der Waals surface area contributed by atoms with Gasteiger partial charge in [-0.2, -0.15) is 0 Å². The maximum Gasteiger partial charge on any atom is 0.156 e. The molecule has 5 N–H and O–H groups in total. The molecule has 1 saturated carbocycles. The van der Waals surface area contributed by atoms with Crippen molar-refractivity contribution in [2.24, 2.45) is 16.3 Å². The monoisotopic (exact) mass is 215 g/mol. The summed E-state index contributed by atoms with van der Waals surface area (Å²) in [6.07, 6.45) is 4.47. The van der Waals surface area contributed by atoms with Gasteiger partial charge in [0, 0.05) is 18.6 Å². The first kappa shape index (κ1) is 12.3. The number of nitrogens with zero attached hydrogens (tertiary/aromatic N) is 1. The fourth-order valence-corrected chi connectivity index (χ4v) is 2.08. The van der Waals surface area contributed by atoms with E-state index >= 15 is 0 Å². The lowest BCUT2D eigenvalue weighted by atomic mass is 9.87. The molecular weight excluding hydrogens is 194 g/mol. The van der Waals surface area contributed by atoms with E-state index in [1.807, 2.05) is 6.92 Å². The van der Waals surface area contributed by atoms with Gasteiger partial charge in [0.25, 0.3) is 0 Å². The molecule has 0 spiro atoms. The summed E-state index contributed by atoms with van der Waals surface area (Å²) in [7, 11) is 0. The van der Waals surface area contributed by atoms with Gasteiger partial charge in [0.1, 0.15) is 0 Å². The summed E-state index contributed by atoms with van der Waals surface area (Å²) in [6, 6.07) is -0.154. The number of hydrogen-bond acceptors (Lipinski definition) is 4. The van der Waals surface area contributed by atoms with E-state index in [1.165, 1.54) is 12.8 Å². The zero-order valence-corrected chi connectivity index (χ0v) is 9.24. The third-order valence-corrected chi connectivity index (χ3v) is 3.34. The molecule has 5 nitrogen and oxygen atoms in total. The largest absolute Gasteiger partial charge is 0.409 e. The van der Waals surface area contributed by atoms with Crippen molar-refractivity contribution in [1.29, 1.82) is 0 Å². The minimum absolute atomic E-state index is 0.00396. The van der Waals surface area contributed by atoms with Crippen LogP contribution in [0.25, 0.3) is 0 Å². The Kier molecular flexibility index (Phi) is 4.35. The van der Waals surface area contributed by atoms with Crippen molar-refractivity contribution in [2.75, 3.05) is 13.2 Å². The molecule has 15 heavy (non-hydrogen) atoms. The maximum absolute atomic E-state index is 9.37. The van der Waals surface area contributed by atoms with Gasteiger partial charge in [0.15, 0.2) is 5.84 Å². The summed E-state index contributed by atoms with van der Waals surface area (Å²) >= 11 is 0. The van der Waals surface area contributed by atoms with Gasteiger partial charge in [0.05, 0.1) is 6.04 Å². The van der Waals surface area contributed by atoms with Gasteiger partial charge in [0.2, 0.25) is 0 Å². The Morgan fingerprint density at radius 3 is 2.60 bits per heavy atom. The number of nitrogens with two attached hydrogens (primary N) is 1. The molecule has 0 aliphatic heterocycles. The minimum Gasteiger partial charge on any atom is -0.409 e. The number of hydrogen-bond donors (Lipinski definition) is 4. The van der Waals surface area contributed by atoms with E-state index in [0.717, 1.165) is 19.4 Å². The average molecular weight is 215 g/mol. The molecule has 0 aromatic rings. The molecule has 1 unspecified atom stereocenters. The fraction of sp³-hybridized carbons (Fsp3) is 0.900. The number of rotatable bonds is 5. The van der Waals surface area contributed by atoms with Crippen molar-refractivity contribution < 1.29 is 10.3 Å². The number of amidine groups is 1. The van der Waals surface area contributed by atoms with Gasteiger partial charge in [-0.1, -0.05) is 18.0 Å². The summed E-state index contributed by atoms with van der Waals surface area (Å²) in [5.74, 6) is 0.182. The van der Waals surface area contributed by atoms with E-state index < -0.39 is 0 Å². The highest BCUT2D eigenvalue weighted by Crippen LogP contribution is 2.36. The van der Waals surface area contributed by atoms with E-state index in [2.05, 4.69) is 10.5 Å². The van der Waals surface area contributed by atoms with Crippen LogP contribution in [-0.4, -0.2) is 35.3 Å². The van der Waals surface area contributed by atoms with Crippen LogP contribution in [0, 0.1) is 5.41 Å². The molecule has 1 fully saturated rings. The van der Waals surface area contributed by atoms with Crippen LogP contribution in [0.5, 0.6) is 0 Å². The molecule has 0 aromatic heterocycles. The Bertz CT molecular complexity index is 225. The van der Waals surface area contributed by atoms with Crippen LogP contribution >= 0.6 is 0 Å². The molecule has 0 radical (unpaired) electrons. The molecule has 5 heteroatoms. The number of oxime groups is 1. The van der Waals surface area contributed by atoms with E-state index in [-0.39, 0.29) is 23.9 Å². The van der Waals surface area contributed by atoms with Crippen molar-refractivity contribution in [1.82, 2.24) is 5.32 Å². The van der Waals surface area contributed by atoms with Gasteiger partial charge in [-0.3, -0.25) is 0 Å². The van der Waals surface area contributed by atoms with Gasteiger partial charge in [-0.15, -0.1) is 0 Å². The zero-order valence-electron chi connectivity index (χ0n) is 9.24. The minimum atomic E-state index is -0.154. The Morgan fingerprint density at radius 1 is 1.53 bits per heavy atom. The van der Waals surface area contributed by atoms with Crippen molar-refractivity contribution >= 4 is 5.84 Å². The van der Waals surface area contributed by atoms with Gasteiger partial charge in [-0.05, 0) is 19.8 Å². The van der Waals surface area contributed by atoms with Crippen LogP contribution in [0.15, 0.2) is 5.16 Å². The van der Waals surface area contributed by atoms with E-state index in [0.29, 0.717) is 0 Å². The summed E-state index contributed by atoms with van der Waals surface area (Å²) in [5.41, 5.74) is 5.46. The zero-order chi connectivity index (χ0) is 11.3. The summed E-state index contributed by atoms with van der Waals surface area (Å²) in [6.45, 7) is 2.78. The standard InChI is InChI=1S/C10H21N3O2/c1-8(9(11)13-15)12-6-10(7-14)4-2-3-5-10/h8,12,14-15H,2-7H2,1H3,(H2,11,13). The Morgan fingerprint density at radius 2 is 2.13 bits per heavy atom. The van der Waals surface area contributed by atoms with E-state index in [1.54, 1.807) is 0 Å². The molecule has 0 saturated heterocycles. The first-order valence-electron chi connectivity index (χ1n) is 5.45. The van der Waals surface area contributed by atoms with Gasteiger partial charge >= 0.3 is 0 Å².